The number of hydrogen-bond donors (Lipinski definition) is 3. The Morgan fingerprint density at radius 3 is 2.59 bits per heavy atom. The first-order valence-corrected chi connectivity index (χ1v) is 8.11. The highest BCUT2D eigenvalue weighted by molar-refractivity contribution is 5.73. The Morgan fingerprint density at radius 2 is 1.91 bits per heavy atom. The molecular formula is C17H27N3O2. The van der Waals surface area contributed by atoms with Crippen LogP contribution >= 0.6 is 0 Å². The van der Waals surface area contributed by atoms with Crippen molar-refractivity contribution in [1.82, 2.24) is 10.6 Å². The van der Waals surface area contributed by atoms with Crippen molar-refractivity contribution in [2.45, 2.75) is 32.2 Å². The molecule has 0 unspecified atom stereocenters. The fourth-order valence-corrected chi connectivity index (χ4v) is 2.73. The van der Waals surface area contributed by atoms with Gasteiger partial charge in [-0.3, -0.25) is 0 Å². The lowest BCUT2D eigenvalue weighted by atomic mass is 10.1. The van der Waals surface area contributed by atoms with Crippen LogP contribution in [0, 0.1) is 5.92 Å². The van der Waals surface area contributed by atoms with Crippen molar-refractivity contribution in [3.8, 4) is 0 Å². The van der Waals surface area contributed by atoms with Crippen LogP contribution in [-0.4, -0.2) is 32.8 Å². The van der Waals surface area contributed by atoms with Crippen molar-refractivity contribution in [1.29, 1.82) is 0 Å². The molecule has 5 nitrogen and oxygen atoms in total. The van der Waals surface area contributed by atoms with Crippen molar-refractivity contribution in [2.24, 2.45) is 5.92 Å². The normalized spacial score (nSPS) is 14.8. The molecule has 2 rings (SSSR count). The molecule has 0 bridgehead atoms. The second-order valence-corrected chi connectivity index (χ2v) is 5.83. The van der Waals surface area contributed by atoms with E-state index in [2.05, 4.69) is 16.0 Å². The number of anilines is 1. The number of carbonyl (C=O) groups is 1. The molecule has 1 aromatic rings. The minimum atomic E-state index is -0.0748. The van der Waals surface area contributed by atoms with Crippen molar-refractivity contribution >= 4 is 11.7 Å². The summed E-state index contributed by atoms with van der Waals surface area (Å²) >= 11 is 0. The summed E-state index contributed by atoms with van der Waals surface area (Å²) in [6, 6.07) is 8.00. The molecule has 0 saturated heterocycles. The molecule has 1 aliphatic carbocycles. The second kappa shape index (κ2) is 9.30. The van der Waals surface area contributed by atoms with Gasteiger partial charge in [0.25, 0.3) is 0 Å². The summed E-state index contributed by atoms with van der Waals surface area (Å²) in [5.41, 5.74) is 2.15. The van der Waals surface area contributed by atoms with Crippen LogP contribution in [0.1, 0.15) is 31.2 Å². The molecule has 2 amide bonds. The van der Waals surface area contributed by atoms with Crippen molar-refractivity contribution in [3.05, 3.63) is 29.8 Å². The van der Waals surface area contributed by atoms with Crippen molar-refractivity contribution in [2.75, 3.05) is 32.1 Å². The van der Waals surface area contributed by atoms with Crippen LogP contribution in [0.25, 0.3) is 0 Å². The summed E-state index contributed by atoms with van der Waals surface area (Å²) in [6.45, 7) is 2.82. The van der Waals surface area contributed by atoms with Gasteiger partial charge in [-0.15, -0.1) is 0 Å². The fraction of sp³-hybridized carbons (Fsp3) is 0.588. The van der Waals surface area contributed by atoms with Crippen LogP contribution in [0.15, 0.2) is 24.3 Å². The van der Waals surface area contributed by atoms with Crippen molar-refractivity contribution < 1.29 is 9.53 Å². The smallest absolute Gasteiger partial charge is 0.315 e. The van der Waals surface area contributed by atoms with Crippen LogP contribution in [0.3, 0.4) is 0 Å². The Bertz CT molecular complexity index is 442. The molecule has 0 spiro atoms. The van der Waals surface area contributed by atoms with Gasteiger partial charge in [-0.2, -0.15) is 0 Å². The number of benzene rings is 1. The largest absolute Gasteiger partial charge is 0.383 e. The average molecular weight is 305 g/mol. The van der Waals surface area contributed by atoms with Gasteiger partial charge in [0.15, 0.2) is 0 Å². The molecule has 0 aromatic heterocycles. The maximum Gasteiger partial charge on any atom is 0.315 e. The number of amides is 2. The molecule has 0 aliphatic heterocycles. The third-order valence-corrected chi connectivity index (χ3v) is 4.07. The topological polar surface area (TPSA) is 62.4 Å². The highest BCUT2D eigenvalue weighted by Crippen LogP contribution is 2.23. The first kappa shape index (κ1) is 16.6. The number of methoxy groups -OCH3 is 1. The van der Waals surface area contributed by atoms with Crippen LogP contribution in [-0.2, 0) is 11.3 Å². The van der Waals surface area contributed by atoms with Crippen molar-refractivity contribution in [3.63, 3.8) is 0 Å². The lowest BCUT2D eigenvalue weighted by Crippen LogP contribution is -2.37. The molecule has 1 fully saturated rings. The van der Waals surface area contributed by atoms with Gasteiger partial charge in [-0.05, 0) is 36.5 Å². The molecule has 0 atom stereocenters. The molecule has 3 N–H and O–H groups in total. The zero-order valence-electron chi connectivity index (χ0n) is 13.4. The first-order chi connectivity index (χ1) is 10.8. The lowest BCUT2D eigenvalue weighted by molar-refractivity contribution is 0.211. The van der Waals surface area contributed by atoms with E-state index in [4.69, 9.17) is 4.74 Å². The highest BCUT2D eigenvalue weighted by atomic mass is 16.5. The highest BCUT2D eigenvalue weighted by Gasteiger charge is 2.15. The minimum absolute atomic E-state index is 0.0748. The maximum atomic E-state index is 11.8. The third kappa shape index (κ3) is 5.93. The predicted molar refractivity (Wildman–Crippen MR) is 89.0 cm³/mol. The van der Waals surface area contributed by atoms with Crippen LogP contribution in [0.2, 0.25) is 0 Å². The zero-order chi connectivity index (χ0) is 15.6. The van der Waals surface area contributed by atoms with E-state index in [1.165, 1.54) is 25.7 Å². The summed E-state index contributed by atoms with van der Waals surface area (Å²) in [5.74, 6) is 0.670. The number of urea groups is 1. The Balaban J connectivity index is 1.64. The molecule has 0 radical (unpaired) electrons. The van der Waals surface area contributed by atoms with Crippen LogP contribution < -0.4 is 16.0 Å². The van der Waals surface area contributed by atoms with E-state index in [1.807, 2.05) is 24.3 Å². The van der Waals surface area contributed by atoms with Gasteiger partial charge in [-0.1, -0.05) is 25.0 Å². The molecule has 122 valence electrons. The van der Waals surface area contributed by atoms with E-state index in [0.717, 1.165) is 24.3 Å². The molecule has 0 heterocycles. The Morgan fingerprint density at radius 1 is 1.18 bits per heavy atom. The Hall–Kier alpha value is -1.75. The van der Waals surface area contributed by atoms with Crippen LogP contribution in [0.4, 0.5) is 10.5 Å². The van der Waals surface area contributed by atoms with Gasteiger partial charge < -0.3 is 20.7 Å². The van der Waals surface area contributed by atoms with Gasteiger partial charge >= 0.3 is 6.03 Å². The molecule has 1 aliphatic rings. The van der Waals surface area contributed by atoms with Gasteiger partial charge in [0.05, 0.1) is 6.61 Å². The third-order valence-electron chi connectivity index (χ3n) is 4.07. The van der Waals surface area contributed by atoms with Crippen LogP contribution in [0.5, 0.6) is 0 Å². The monoisotopic (exact) mass is 305 g/mol. The minimum Gasteiger partial charge on any atom is -0.383 e. The summed E-state index contributed by atoms with van der Waals surface area (Å²) in [5, 5.41) is 9.13. The molecular weight excluding hydrogens is 278 g/mol. The maximum absolute atomic E-state index is 11.8. The van der Waals surface area contributed by atoms with E-state index in [0.29, 0.717) is 19.1 Å². The summed E-state index contributed by atoms with van der Waals surface area (Å²) in [6.07, 6.45) is 5.10. The van der Waals surface area contributed by atoms with Gasteiger partial charge in [0, 0.05) is 32.4 Å². The van der Waals surface area contributed by atoms with Gasteiger partial charge in [0.1, 0.15) is 0 Å². The fourth-order valence-electron chi connectivity index (χ4n) is 2.73. The second-order valence-electron chi connectivity index (χ2n) is 5.83. The number of ether oxygens (including phenoxy) is 1. The molecule has 22 heavy (non-hydrogen) atoms. The molecule has 1 saturated carbocycles. The number of rotatable bonds is 8. The zero-order valence-corrected chi connectivity index (χ0v) is 13.4. The number of hydrogen-bond acceptors (Lipinski definition) is 3. The van der Waals surface area contributed by atoms with Gasteiger partial charge in [0.2, 0.25) is 0 Å². The van der Waals surface area contributed by atoms with E-state index in [9.17, 15) is 4.79 Å². The van der Waals surface area contributed by atoms with Gasteiger partial charge in [-0.25, -0.2) is 4.79 Å². The lowest BCUT2D eigenvalue weighted by Gasteiger charge is -2.12. The molecule has 5 heteroatoms. The van der Waals surface area contributed by atoms with E-state index in [1.54, 1.807) is 7.11 Å². The Labute approximate surface area is 132 Å². The molecule has 1 aromatic carbocycles. The summed E-state index contributed by atoms with van der Waals surface area (Å²) in [4.78, 5) is 11.8. The number of nitrogens with one attached hydrogen (secondary N) is 3. The van der Waals surface area contributed by atoms with E-state index in [-0.39, 0.29) is 6.03 Å². The average Bonchev–Trinajstić information content (AvgIpc) is 3.06. The summed E-state index contributed by atoms with van der Waals surface area (Å²) in [7, 11) is 1.69. The predicted octanol–water partition coefficient (Wildman–Crippen LogP) is 2.73. The van der Waals surface area contributed by atoms with E-state index < -0.39 is 0 Å². The Kier molecular flexibility index (Phi) is 7.03. The van der Waals surface area contributed by atoms with E-state index >= 15 is 0 Å². The first-order valence-electron chi connectivity index (χ1n) is 8.11. The standard InChI is InChI=1S/C17H27N3O2/c1-22-11-10-18-16-8-6-15(7-9-16)13-20-17(21)19-12-14-4-2-3-5-14/h6-9,14,18H,2-5,10-13H2,1H3,(H2,19,20,21). The SMILES string of the molecule is COCCNc1ccc(CNC(=O)NCC2CCCC2)cc1. The number of carbonyl (C=O) groups excluding carboxylic acids is 1. The quantitative estimate of drug-likeness (QED) is 0.647. The summed E-state index contributed by atoms with van der Waals surface area (Å²) < 4.78 is 5.00.